The van der Waals surface area contributed by atoms with E-state index in [1.807, 2.05) is 0 Å². The molecule has 2 aromatic rings. The minimum absolute atomic E-state index is 0. The maximum absolute atomic E-state index is 12.3. The first-order valence-corrected chi connectivity index (χ1v) is 6.84. The number of carbonyl (C=O) groups is 1. The minimum atomic E-state index is -0.460. The Morgan fingerprint density at radius 3 is 2.46 bits per heavy atom. The van der Waals surface area contributed by atoms with E-state index in [9.17, 15) is 14.4 Å². The molecule has 24 heavy (non-hydrogen) atoms. The highest BCUT2D eigenvalue weighted by molar-refractivity contribution is 5.96. The van der Waals surface area contributed by atoms with E-state index in [2.05, 4.69) is 10.3 Å². The summed E-state index contributed by atoms with van der Waals surface area (Å²) in [5, 5.41) is 3.21. The summed E-state index contributed by atoms with van der Waals surface area (Å²) in [5.74, 6) is -0.222. The van der Waals surface area contributed by atoms with Gasteiger partial charge in [-0.3, -0.25) is 18.7 Å². The predicted octanol–water partition coefficient (Wildman–Crippen LogP) is -0.233. The largest absolute Gasteiger partial charge is 0.340 e. The summed E-state index contributed by atoms with van der Waals surface area (Å²) in [5.41, 5.74) is -0.322. The van der Waals surface area contributed by atoms with Gasteiger partial charge in [0.1, 0.15) is 5.65 Å². The molecule has 0 radical (unpaired) electrons. The van der Waals surface area contributed by atoms with Gasteiger partial charge in [-0.05, 0) is 13.1 Å². The lowest BCUT2D eigenvalue weighted by Gasteiger charge is -2.17. The van der Waals surface area contributed by atoms with E-state index in [1.165, 1.54) is 30.9 Å². The molecule has 0 unspecified atom stereocenters. The van der Waals surface area contributed by atoms with Crippen molar-refractivity contribution in [3.63, 3.8) is 0 Å². The summed E-state index contributed by atoms with van der Waals surface area (Å²) in [6, 6.07) is 1.49. The Kier molecular flexibility index (Phi) is 8.12. The third-order valence-electron chi connectivity index (χ3n) is 3.58. The van der Waals surface area contributed by atoms with Crippen LogP contribution in [0.4, 0.5) is 0 Å². The number of fused-ring (bicyclic) bond motifs is 1. The molecule has 134 valence electrons. The van der Waals surface area contributed by atoms with Gasteiger partial charge < -0.3 is 10.2 Å². The molecule has 2 heterocycles. The van der Waals surface area contributed by atoms with Crippen LogP contribution in [0.2, 0.25) is 0 Å². The number of rotatable bonds is 4. The SMILES string of the molecule is CNCCN(C)C(=O)c1cnc2c(c1)c(=O)n(C)c(=O)n2C.Cl.Cl. The van der Waals surface area contributed by atoms with Crippen molar-refractivity contribution in [3.8, 4) is 0 Å². The van der Waals surface area contributed by atoms with Crippen molar-refractivity contribution in [1.82, 2.24) is 24.3 Å². The zero-order valence-corrected chi connectivity index (χ0v) is 15.5. The molecule has 1 N–H and O–H groups in total. The number of nitrogens with zero attached hydrogens (tertiary/aromatic N) is 4. The van der Waals surface area contributed by atoms with Crippen molar-refractivity contribution in [2.45, 2.75) is 0 Å². The molecule has 2 aromatic heterocycles. The predicted molar refractivity (Wildman–Crippen MR) is 97.6 cm³/mol. The number of pyridine rings is 1. The first kappa shape index (κ1) is 22.1. The number of carbonyl (C=O) groups excluding carboxylic acids is 1. The van der Waals surface area contributed by atoms with Gasteiger partial charge >= 0.3 is 5.69 Å². The van der Waals surface area contributed by atoms with Gasteiger partial charge in [0.05, 0.1) is 10.9 Å². The molecule has 0 aliphatic heterocycles. The second kappa shape index (κ2) is 8.81. The number of hydrogen-bond acceptors (Lipinski definition) is 5. The summed E-state index contributed by atoms with van der Waals surface area (Å²) in [7, 11) is 6.43. The van der Waals surface area contributed by atoms with Gasteiger partial charge in [-0.1, -0.05) is 0 Å². The van der Waals surface area contributed by atoms with Crippen LogP contribution in [0.5, 0.6) is 0 Å². The van der Waals surface area contributed by atoms with Gasteiger partial charge in [0.15, 0.2) is 0 Å². The third-order valence-corrected chi connectivity index (χ3v) is 3.58. The Hall–Kier alpha value is -1.90. The molecule has 0 spiro atoms. The Labute approximate surface area is 151 Å². The molecule has 1 amide bonds. The third kappa shape index (κ3) is 3.95. The van der Waals surface area contributed by atoms with Gasteiger partial charge in [0.25, 0.3) is 11.5 Å². The summed E-state index contributed by atoms with van der Waals surface area (Å²) < 4.78 is 2.29. The van der Waals surface area contributed by atoms with E-state index < -0.39 is 11.2 Å². The molecule has 0 saturated heterocycles. The second-order valence-corrected chi connectivity index (χ2v) is 5.13. The molecule has 0 saturated carbocycles. The highest BCUT2D eigenvalue weighted by atomic mass is 35.5. The van der Waals surface area contributed by atoms with Crippen LogP contribution < -0.4 is 16.6 Å². The molecule has 0 aliphatic carbocycles. The molecule has 0 aromatic carbocycles. The maximum Gasteiger partial charge on any atom is 0.332 e. The molecular weight excluding hydrogens is 357 g/mol. The number of nitrogens with one attached hydrogen (secondary N) is 1. The zero-order chi connectivity index (χ0) is 16.4. The van der Waals surface area contributed by atoms with Crippen molar-refractivity contribution in [2.75, 3.05) is 27.2 Å². The lowest BCUT2D eigenvalue weighted by Crippen LogP contribution is -2.37. The van der Waals surface area contributed by atoms with Crippen molar-refractivity contribution in [2.24, 2.45) is 14.1 Å². The van der Waals surface area contributed by atoms with Crippen LogP contribution in [0.15, 0.2) is 21.9 Å². The van der Waals surface area contributed by atoms with E-state index >= 15 is 0 Å². The molecule has 10 heteroatoms. The van der Waals surface area contributed by atoms with E-state index in [0.29, 0.717) is 18.7 Å². The number of likely N-dealkylation sites (N-methyl/N-ethyl adjacent to an activating group) is 2. The van der Waals surface area contributed by atoms with Crippen molar-refractivity contribution in [1.29, 1.82) is 0 Å². The lowest BCUT2D eigenvalue weighted by atomic mass is 10.2. The van der Waals surface area contributed by atoms with Crippen LogP contribution in [0, 0.1) is 0 Å². The normalized spacial score (nSPS) is 10.0. The van der Waals surface area contributed by atoms with Crippen LogP contribution in [0.3, 0.4) is 0 Å². The molecule has 0 fully saturated rings. The number of aromatic nitrogens is 3. The minimum Gasteiger partial charge on any atom is -0.340 e. The van der Waals surface area contributed by atoms with Gasteiger partial charge in [-0.15, -0.1) is 24.8 Å². The van der Waals surface area contributed by atoms with Crippen molar-refractivity contribution >= 4 is 41.8 Å². The first-order chi connectivity index (χ1) is 10.4. The van der Waals surface area contributed by atoms with E-state index in [0.717, 1.165) is 4.57 Å². The maximum atomic E-state index is 12.3. The molecule has 8 nitrogen and oxygen atoms in total. The van der Waals surface area contributed by atoms with E-state index in [1.54, 1.807) is 19.0 Å². The van der Waals surface area contributed by atoms with Gasteiger partial charge in [-0.25, -0.2) is 9.78 Å². The van der Waals surface area contributed by atoms with Crippen molar-refractivity contribution < 1.29 is 4.79 Å². The zero-order valence-electron chi connectivity index (χ0n) is 13.9. The molecule has 0 bridgehead atoms. The number of halogens is 2. The topological polar surface area (TPSA) is 89.2 Å². The van der Waals surface area contributed by atoms with E-state index in [4.69, 9.17) is 0 Å². The average molecular weight is 378 g/mol. The molecule has 2 rings (SSSR count). The molecule has 0 aliphatic rings. The lowest BCUT2D eigenvalue weighted by molar-refractivity contribution is 0.0796. The molecule has 0 atom stereocenters. The fourth-order valence-electron chi connectivity index (χ4n) is 2.18. The highest BCUT2D eigenvalue weighted by Gasteiger charge is 2.15. The smallest absolute Gasteiger partial charge is 0.332 e. The Balaban J connectivity index is 0.00000264. The fourth-order valence-corrected chi connectivity index (χ4v) is 2.18. The summed E-state index contributed by atoms with van der Waals surface area (Å²) in [6.07, 6.45) is 1.39. The molecular formula is C14H21Cl2N5O3. The standard InChI is InChI=1S/C14H19N5O3.2ClH/c1-15-5-6-17(2)12(20)9-7-10-11(16-8-9)18(3)14(22)19(4)13(10)21;;/h7-8,15H,5-6H2,1-4H3;2*1H. The van der Waals surface area contributed by atoms with Crippen molar-refractivity contribution in [3.05, 3.63) is 38.7 Å². The highest BCUT2D eigenvalue weighted by Crippen LogP contribution is 2.09. The van der Waals surface area contributed by atoms with Gasteiger partial charge in [0, 0.05) is 40.4 Å². The number of aryl methyl sites for hydroxylation is 1. The van der Waals surface area contributed by atoms with Crippen LogP contribution in [0.25, 0.3) is 11.0 Å². The Morgan fingerprint density at radius 1 is 1.25 bits per heavy atom. The van der Waals surface area contributed by atoms with Crippen LogP contribution in [-0.2, 0) is 14.1 Å². The monoisotopic (exact) mass is 377 g/mol. The van der Waals surface area contributed by atoms with Crippen LogP contribution >= 0.6 is 24.8 Å². The van der Waals surface area contributed by atoms with Gasteiger partial charge in [-0.2, -0.15) is 0 Å². The summed E-state index contributed by atoms with van der Waals surface area (Å²) >= 11 is 0. The first-order valence-electron chi connectivity index (χ1n) is 6.84. The summed E-state index contributed by atoms with van der Waals surface area (Å²) in [6.45, 7) is 1.21. The quantitative estimate of drug-likeness (QED) is 0.794. The summed E-state index contributed by atoms with van der Waals surface area (Å²) in [4.78, 5) is 42.0. The number of hydrogen-bond donors (Lipinski definition) is 1. The number of amides is 1. The Morgan fingerprint density at radius 2 is 1.88 bits per heavy atom. The second-order valence-electron chi connectivity index (χ2n) is 5.13. The van der Waals surface area contributed by atoms with Crippen LogP contribution in [-0.4, -0.2) is 52.1 Å². The average Bonchev–Trinajstić information content (AvgIpc) is 2.54. The van der Waals surface area contributed by atoms with Crippen LogP contribution in [0.1, 0.15) is 10.4 Å². The Bertz CT molecular complexity index is 847. The van der Waals surface area contributed by atoms with E-state index in [-0.39, 0.29) is 41.8 Å². The van der Waals surface area contributed by atoms with Gasteiger partial charge in [0.2, 0.25) is 0 Å². The fraction of sp³-hybridized carbons (Fsp3) is 0.429.